The Labute approximate surface area is 72.0 Å². The molecule has 0 aliphatic rings. The molecule has 0 saturated heterocycles. The van der Waals surface area contributed by atoms with E-state index in [9.17, 15) is 0 Å². The normalized spacial score (nSPS) is 9.58. The average molecular weight is 164 g/mol. The minimum Gasteiger partial charge on any atom is -0.472 e. The lowest BCUT2D eigenvalue weighted by molar-refractivity contribution is 0.559. The Balaban J connectivity index is 2.01. The first kappa shape index (κ1) is 8.82. The van der Waals surface area contributed by atoms with Gasteiger partial charge in [0.1, 0.15) is 0 Å². The summed E-state index contributed by atoms with van der Waals surface area (Å²) in [6.07, 6.45) is 4.91. The lowest BCUT2D eigenvalue weighted by Crippen LogP contribution is -2.13. The van der Waals surface area contributed by atoms with Crippen LogP contribution in [0.4, 0.5) is 0 Å². The Morgan fingerprint density at radius 3 is 3.17 bits per heavy atom. The molecule has 0 aromatic carbocycles. The summed E-state index contributed by atoms with van der Waals surface area (Å²) >= 11 is 0. The molecule has 3 heteroatoms. The van der Waals surface area contributed by atoms with Gasteiger partial charge in [0.05, 0.1) is 18.6 Å². The van der Waals surface area contributed by atoms with Crippen molar-refractivity contribution in [1.29, 1.82) is 5.26 Å². The standard InChI is InChI=1S/C9H12N2O/c10-4-1-2-5-11-7-9-3-6-12-8-9/h3,6,8,11H,1-2,5,7H2. The van der Waals surface area contributed by atoms with Gasteiger partial charge in [-0.25, -0.2) is 0 Å². The Kier molecular flexibility index (Phi) is 3.96. The summed E-state index contributed by atoms with van der Waals surface area (Å²) in [7, 11) is 0. The van der Waals surface area contributed by atoms with E-state index in [2.05, 4.69) is 11.4 Å². The summed E-state index contributed by atoms with van der Waals surface area (Å²) in [5.41, 5.74) is 1.15. The lowest BCUT2D eigenvalue weighted by atomic mass is 10.3. The Bertz CT molecular complexity index is 236. The van der Waals surface area contributed by atoms with Gasteiger partial charge in [0, 0.05) is 18.5 Å². The molecule has 0 fully saturated rings. The van der Waals surface area contributed by atoms with Gasteiger partial charge in [0.15, 0.2) is 0 Å². The number of rotatable bonds is 5. The van der Waals surface area contributed by atoms with Gasteiger partial charge in [-0.2, -0.15) is 5.26 Å². The zero-order valence-electron chi connectivity index (χ0n) is 6.92. The van der Waals surface area contributed by atoms with Crippen LogP contribution in [0.2, 0.25) is 0 Å². The van der Waals surface area contributed by atoms with Crippen LogP contribution >= 0.6 is 0 Å². The molecule has 3 nitrogen and oxygen atoms in total. The van der Waals surface area contributed by atoms with Crippen molar-refractivity contribution in [3.8, 4) is 6.07 Å². The molecule has 0 atom stereocenters. The van der Waals surface area contributed by atoms with Crippen molar-refractivity contribution >= 4 is 0 Å². The first-order chi connectivity index (χ1) is 5.93. The lowest BCUT2D eigenvalue weighted by Gasteiger charge is -1.98. The third kappa shape index (κ3) is 3.22. The number of furan rings is 1. The molecule has 0 amide bonds. The SMILES string of the molecule is N#CCCCNCc1ccoc1. The highest BCUT2D eigenvalue weighted by atomic mass is 16.3. The maximum atomic E-state index is 8.26. The van der Waals surface area contributed by atoms with Crippen molar-refractivity contribution in [2.45, 2.75) is 19.4 Å². The van der Waals surface area contributed by atoms with Gasteiger partial charge in [-0.15, -0.1) is 0 Å². The van der Waals surface area contributed by atoms with Gasteiger partial charge in [0.25, 0.3) is 0 Å². The summed E-state index contributed by atoms with van der Waals surface area (Å²) in [5.74, 6) is 0. The Morgan fingerprint density at radius 1 is 1.58 bits per heavy atom. The van der Waals surface area contributed by atoms with E-state index < -0.39 is 0 Å². The summed E-state index contributed by atoms with van der Waals surface area (Å²) in [6, 6.07) is 4.03. The molecule has 12 heavy (non-hydrogen) atoms. The fourth-order valence-electron chi connectivity index (χ4n) is 0.918. The number of hydrogen-bond acceptors (Lipinski definition) is 3. The van der Waals surface area contributed by atoms with E-state index in [1.54, 1.807) is 12.5 Å². The molecule has 1 N–H and O–H groups in total. The second-order valence-electron chi connectivity index (χ2n) is 2.57. The molecule has 1 rings (SSSR count). The minimum atomic E-state index is 0.623. The van der Waals surface area contributed by atoms with Crippen LogP contribution in [0.25, 0.3) is 0 Å². The highest BCUT2D eigenvalue weighted by Crippen LogP contribution is 1.98. The first-order valence-electron chi connectivity index (χ1n) is 4.02. The van der Waals surface area contributed by atoms with E-state index >= 15 is 0 Å². The third-order valence-electron chi connectivity index (χ3n) is 1.55. The fraction of sp³-hybridized carbons (Fsp3) is 0.444. The van der Waals surface area contributed by atoms with Gasteiger partial charge in [-0.1, -0.05) is 0 Å². The topological polar surface area (TPSA) is 49.0 Å². The van der Waals surface area contributed by atoms with Gasteiger partial charge >= 0.3 is 0 Å². The molecule has 1 aromatic heterocycles. The van der Waals surface area contributed by atoms with Crippen molar-refractivity contribution < 1.29 is 4.42 Å². The summed E-state index contributed by atoms with van der Waals surface area (Å²) in [4.78, 5) is 0. The van der Waals surface area contributed by atoms with E-state index in [0.717, 1.165) is 25.1 Å². The molecule has 0 saturated carbocycles. The van der Waals surface area contributed by atoms with Crippen LogP contribution in [0.5, 0.6) is 0 Å². The summed E-state index contributed by atoms with van der Waals surface area (Å²) in [6.45, 7) is 1.71. The predicted molar refractivity (Wildman–Crippen MR) is 45.3 cm³/mol. The number of nitrogens with one attached hydrogen (secondary N) is 1. The quantitative estimate of drug-likeness (QED) is 0.673. The molecule has 0 bridgehead atoms. The van der Waals surface area contributed by atoms with E-state index in [1.165, 1.54) is 0 Å². The smallest absolute Gasteiger partial charge is 0.0947 e. The number of nitriles is 1. The predicted octanol–water partition coefficient (Wildman–Crippen LogP) is 1.67. The van der Waals surface area contributed by atoms with E-state index in [4.69, 9.17) is 9.68 Å². The molecule has 0 aliphatic heterocycles. The molecular formula is C9H12N2O. The molecule has 0 unspecified atom stereocenters. The van der Waals surface area contributed by atoms with Crippen LogP contribution in [0.3, 0.4) is 0 Å². The van der Waals surface area contributed by atoms with E-state index in [1.807, 2.05) is 6.07 Å². The maximum Gasteiger partial charge on any atom is 0.0947 e. The Morgan fingerprint density at radius 2 is 2.50 bits per heavy atom. The maximum absolute atomic E-state index is 8.26. The second-order valence-corrected chi connectivity index (χ2v) is 2.57. The summed E-state index contributed by atoms with van der Waals surface area (Å²) < 4.78 is 4.90. The van der Waals surface area contributed by atoms with Crippen LogP contribution in [0, 0.1) is 11.3 Å². The minimum absolute atomic E-state index is 0.623. The monoisotopic (exact) mass is 164 g/mol. The fourth-order valence-corrected chi connectivity index (χ4v) is 0.918. The number of unbranched alkanes of at least 4 members (excludes halogenated alkanes) is 1. The van der Waals surface area contributed by atoms with Crippen LogP contribution in [-0.2, 0) is 6.54 Å². The van der Waals surface area contributed by atoms with Crippen LogP contribution in [0.1, 0.15) is 18.4 Å². The zero-order chi connectivity index (χ0) is 8.65. The molecule has 1 aromatic rings. The van der Waals surface area contributed by atoms with Gasteiger partial charge in [0.2, 0.25) is 0 Å². The molecule has 64 valence electrons. The average Bonchev–Trinajstić information content (AvgIpc) is 2.57. The highest BCUT2D eigenvalue weighted by Gasteiger charge is 1.92. The van der Waals surface area contributed by atoms with Gasteiger partial charge < -0.3 is 9.73 Å². The Hall–Kier alpha value is -1.27. The highest BCUT2D eigenvalue weighted by molar-refractivity contribution is 5.04. The van der Waals surface area contributed by atoms with Crippen molar-refractivity contribution in [3.63, 3.8) is 0 Å². The van der Waals surface area contributed by atoms with Crippen molar-refractivity contribution in [2.24, 2.45) is 0 Å². The molecule has 1 heterocycles. The van der Waals surface area contributed by atoms with Crippen LogP contribution in [-0.4, -0.2) is 6.54 Å². The zero-order valence-corrected chi connectivity index (χ0v) is 6.92. The molecule has 0 aliphatic carbocycles. The number of hydrogen-bond donors (Lipinski definition) is 1. The summed E-state index contributed by atoms with van der Waals surface area (Å²) in [5, 5.41) is 11.5. The molecule has 0 radical (unpaired) electrons. The van der Waals surface area contributed by atoms with Crippen LogP contribution < -0.4 is 5.32 Å². The third-order valence-corrected chi connectivity index (χ3v) is 1.55. The van der Waals surface area contributed by atoms with Crippen molar-refractivity contribution in [1.82, 2.24) is 5.32 Å². The number of nitrogens with zero attached hydrogens (tertiary/aromatic N) is 1. The molecular weight excluding hydrogens is 152 g/mol. The largest absolute Gasteiger partial charge is 0.472 e. The van der Waals surface area contributed by atoms with Crippen LogP contribution in [0.15, 0.2) is 23.0 Å². The van der Waals surface area contributed by atoms with Crippen molar-refractivity contribution in [2.75, 3.05) is 6.54 Å². The van der Waals surface area contributed by atoms with E-state index in [0.29, 0.717) is 6.42 Å². The second kappa shape index (κ2) is 5.39. The van der Waals surface area contributed by atoms with Gasteiger partial charge in [-0.05, 0) is 19.0 Å². The molecule has 0 spiro atoms. The van der Waals surface area contributed by atoms with E-state index in [-0.39, 0.29) is 0 Å². The first-order valence-corrected chi connectivity index (χ1v) is 4.02. The van der Waals surface area contributed by atoms with Crippen molar-refractivity contribution in [3.05, 3.63) is 24.2 Å². The van der Waals surface area contributed by atoms with Gasteiger partial charge in [-0.3, -0.25) is 0 Å².